The Kier molecular flexibility index (Phi) is 4.87. The third-order valence-corrected chi connectivity index (χ3v) is 3.42. The first-order chi connectivity index (χ1) is 10.1. The van der Waals surface area contributed by atoms with Gasteiger partial charge < -0.3 is 5.32 Å². The minimum Gasteiger partial charge on any atom is -0.379 e. The molecule has 4 nitrogen and oxygen atoms in total. The number of rotatable bonds is 6. The molecule has 0 aliphatic carbocycles. The molecule has 5 heteroatoms. The van der Waals surface area contributed by atoms with E-state index in [4.69, 9.17) is 0 Å². The summed E-state index contributed by atoms with van der Waals surface area (Å²) in [6, 6.07) is 13.5. The minimum atomic E-state index is -0.512. The molecule has 0 aromatic heterocycles. The van der Waals surface area contributed by atoms with Crippen molar-refractivity contribution in [2.24, 2.45) is 0 Å². The molecule has 1 unspecified atom stereocenters. The highest BCUT2D eigenvalue weighted by Gasteiger charge is 2.14. The van der Waals surface area contributed by atoms with E-state index in [0.717, 1.165) is 18.6 Å². The van der Waals surface area contributed by atoms with Crippen molar-refractivity contribution in [3.8, 4) is 0 Å². The fourth-order valence-electron chi connectivity index (χ4n) is 2.18. The van der Waals surface area contributed by atoms with Crippen molar-refractivity contribution in [3.05, 3.63) is 70.0 Å². The zero-order valence-electron chi connectivity index (χ0n) is 11.8. The zero-order chi connectivity index (χ0) is 15.2. The monoisotopic (exact) mass is 288 g/mol. The summed E-state index contributed by atoms with van der Waals surface area (Å²) in [6.07, 6.45) is 0.803. The third-order valence-electron chi connectivity index (χ3n) is 3.42. The fourth-order valence-corrected chi connectivity index (χ4v) is 2.18. The average molecular weight is 288 g/mol. The van der Waals surface area contributed by atoms with E-state index in [1.807, 2.05) is 18.2 Å². The Morgan fingerprint density at radius 2 is 1.95 bits per heavy atom. The highest BCUT2D eigenvalue weighted by molar-refractivity contribution is 5.61. The van der Waals surface area contributed by atoms with Gasteiger partial charge in [-0.05, 0) is 24.0 Å². The van der Waals surface area contributed by atoms with Gasteiger partial charge in [-0.3, -0.25) is 10.1 Å². The predicted octanol–water partition coefficient (Wildman–Crippen LogP) is 4.34. The van der Waals surface area contributed by atoms with Crippen LogP contribution in [-0.4, -0.2) is 11.5 Å². The predicted molar refractivity (Wildman–Crippen MR) is 81.0 cm³/mol. The average Bonchev–Trinajstić information content (AvgIpc) is 2.48. The molecule has 2 rings (SSSR count). The number of halogens is 1. The van der Waals surface area contributed by atoms with Crippen LogP contribution < -0.4 is 5.32 Å². The summed E-state index contributed by atoms with van der Waals surface area (Å²) in [4.78, 5) is 10.4. The maximum atomic E-state index is 13.2. The van der Waals surface area contributed by atoms with Gasteiger partial charge in [-0.25, -0.2) is 4.39 Å². The van der Waals surface area contributed by atoms with Crippen LogP contribution in [-0.2, 0) is 0 Å². The molecule has 0 heterocycles. The first-order valence-corrected chi connectivity index (χ1v) is 6.80. The molecule has 0 aliphatic rings. The van der Waals surface area contributed by atoms with Crippen LogP contribution in [0.5, 0.6) is 0 Å². The molecular weight excluding hydrogens is 271 g/mol. The Labute approximate surface area is 122 Å². The molecule has 1 atom stereocenters. The van der Waals surface area contributed by atoms with Gasteiger partial charge in [0.25, 0.3) is 5.69 Å². The molecule has 2 aromatic carbocycles. The summed E-state index contributed by atoms with van der Waals surface area (Å²) < 4.78 is 13.2. The quantitative estimate of drug-likeness (QED) is 0.635. The molecule has 0 fully saturated rings. The molecule has 0 spiro atoms. The lowest BCUT2D eigenvalue weighted by Gasteiger charge is -2.13. The third kappa shape index (κ3) is 4.02. The van der Waals surface area contributed by atoms with Gasteiger partial charge in [0.05, 0.1) is 4.92 Å². The maximum absolute atomic E-state index is 13.2. The number of hydrogen-bond acceptors (Lipinski definition) is 3. The fraction of sp³-hybridized carbons (Fsp3) is 0.250. The van der Waals surface area contributed by atoms with Gasteiger partial charge in [-0.1, -0.05) is 37.3 Å². The molecule has 21 heavy (non-hydrogen) atoms. The van der Waals surface area contributed by atoms with Gasteiger partial charge in [-0.15, -0.1) is 0 Å². The van der Waals surface area contributed by atoms with Crippen LogP contribution in [0.4, 0.5) is 15.8 Å². The van der Waals surface area contributed by atoms with Crippen LogP contribution in [0.25, 0.3) is 0 Å². The normalized spacial score (nSPS) is 11.9. The Balaban J connectivity index is 1.97. The Morgan fingerprint density at radius 3 is 2.62 bits per heavy atom. The Morgan fingerprint density at radius 1 is 1.24 bits per heavy atom. The van der Waals surface area contributed by atoms with Crippen LogP contribution in [0.2, 0.25) is 0 Å². The van der Waals surface area contributed by atoms with Crippen LogP contribution >= 0.6 is 0 Å². The van der Waals surface area contributed by atoms with Crippen molar-refractivity contribution >= 4 is 11.4 Å². The van der Waals surface area contributed by atoms with E-state index in [1.54, 1.807) is 0 Å². The van der Waals surface area contributed by atoms with Crippen LogP contribution in [0.1, 0.15) is 24.8 Å². The number of hydrogen-bond donors (Lipinski definition) is 1. The highest BCUT2D eigenvalue weighted by atomic mass is 19.1. The summed E-state index contributed by atoms with van der Waals surface area (Å²) in [6.45, 7) is 2.64. The highest BCUT2D eigenvalue weighted by Crippen LogP contribution is 2.26. The Hall–Kier alpha value is -2.43. The van der Waals surface area contributed by atoms with Gasteiger partial charge in [0.1, 0.15) is 11.5 Å². The number of nitrogens with one attached hydrogen (secondary N) is 1. The molecule has 0 aliphatic heterocycles. The van der Waals surface area contributed by atoms with Gasteiger partial charge in [0, 0.05) is 18.7 Å². The smallest absolute Gasteiger partial charge is 0.292 e. The molecule has 0 radical (unpaired) electrons. The lowest BCUT2D eigenvalue weighted by Crippen LogP contribution is -2.08. The largest absolute Gasteiger partial charge is 0.379 e. The number of nitrogens with zero attached hydrogens (tertiary/aromatic N) is 1. The van der Waals surface area contributed by atoms with Crippen molar-refractivity contribution in [1.29, 1.82) is 0 Å². The van der Waals surface area contributed by atoms with E-state index in [9.17, 15) is 14.5 Å². The second-order valence-electron chi connectivity index (χ2n) is 4.95. The second-order valence-corrected chi connectivity index (χ2v) is 4.95. The molecule has 0 saturated carbocycles. The van der Waals surface area contributed by atoms with E-state index >= 15 is 0 Å². The molecule has 0 saturated heterocycles. The summed E-state index contributed by atoms with van der Waals surface area (Å²) >= 11 is 0. The van der Waals surface area contributed by atoms with Crippen LogP contribution in [0, 0.1) is 15.9 Å². The summed E-state index contributed by atoms with van der Waals surface area (Å²) in [5.41, 5.74) is 1.33. The summed E-state index contributed by atoms with van der Waals surface area (Å²) in [5.74, 6) is -0.162. The van der Waals surface area contributed by atoms with Crippen LogP contribution in [0.15, 0.2) is 48.5 Å². The van der Waals surface area contributed by atoms with Gasteiger partial charge in [0.2, 0.25) is 0 Å². The molecule has 0 bridgehead atoms. The second kappa shape index (κ2) is 6.83. The standard InChI is InChI=1S/C16H17FN2O2/c1-12(13-5-3-2-4-6-13)9-10-18-15-11-14(17)7-8-16(15)19(20)21/h2-8,11-12,18H,9-10H2,1H3. The lowest BCUT2D eigenvalue weighted by molar-refractivity contribution is -0.384. The van der Waals surface area contributed by atoms with Gasteiger partial charge in [0.15, 0.2) is 0 Å². The molecule has 1 N–H and O–H groups in total. The molecule has 0 amide bonds. The van der Waals surface area contributed by atoms with Gasteiger partial charge >= 0.3 is 0 Å². The van der Waals surface area contributed by atoms with Gasteiger partial charge in [-0.2, -0.15) is 0 Å². The molecule has 2 aromatic rings. The SMILES string of the molecule is CC(CCNc1cc(F)ccc1[N+](=O)[O-])c1ccccc1. The van der Waals surface area contributed by atoms with Crippen molar-refractivity contribution in [2.45, 2.75) is 19.3 Å². The van der Waals surface area contributed by atoms with E-state index in [2.05, 4.69) is 24.4 Å². The maximum Gasteiger partial charge on any atom is 0.292 e. The van der Waals surface area contributed by atoms with Crippen molar-refractivity contribution < 1.29 is 9.31 Å². The first-order valence-electron chi connectivity index (χ1n) is 6.80. The summed E-state index contributed by atoms with van der Waals surface area (Å²) in [7, 11) is 0. The minimum absolute atomic E-state index is 0.108. The first kappa shape index (κ1) is 15.0. The van der Waals surface area contributed by atoms with Crippen molar-refractivity contribution in [2.75, 3.05) is 11.9 Å². The topological polar surface area (TPSA) is 55.2 Å². The lowest BCUT2D eigenvalue weighted by atomic mass is 9.98. The number of nitro groups is 1. The molecule has 110 valence electrons. The van der Waals surface area contributed by atoms with Crippen molar-refractivity contribution in [1.82, 2.24) is 0 Å². The van der Waals surface area contributed by atoms with E-state index in [0.29, 0.717) is 12.5 Å². The van der Waals surface area contributed by atoms with Crippen molar-refractivity contribution in [3.63, 3.8) is 0 Å². The van der Waals surface area contributed by atoms with E-state index < -0.39 is 10.7 Å². The van der Waals surface area contributed by atoms with E-state index in [1.165, 1.54) is 11.6 Å². The van der Waals surface area contributed by atoms with Crippen LogP contribution in [0.3, 0.4) is 0 Å². The molecular formula is C16H17FN2O2. The number of nitro benzene ring substituents is 1. The summed E-state index contributed by atoms with van der Waals surface area (Å²) in [5, 5.41) is 13.8. The number of benzene rings is 2. The zero-order valence-corrected chi connectivity index (χ0v) is 11.8. The Bertz CT molecular complexity index is 617. The number of anilines is 1. The van der Waals surface area contributed by atoms with E-state index in [-0.39, 0.29) is 11.4 Å².